The molecule has 0 unspecified atom stereocenters. The topological polar surface area (TPSA) is 42.0 Å². The molecule has 0 aromatic heterocycles. The summed E-state index contributed by atoms with van der Waals surface area (Å²) in [6.07, 6.45) is 0.985. The van der Waals surface area contributed by atoms with Crippen LogP contribution in [0, 0.1) is 0 Å². The molecule has 1 heterocycles. The standard InChI is InChI=1S/C22H28N2O3/c1-3-27-21-11-7-19(8-12-21)22(25)24-14-4-13-23(15-16-24)17-18-5-9-20(26-2)10-6-18/h5-12H,3-4,13-17H2,1-2H3. The van der Waals surface area contributed by atoms with Crippen LogP contribution in [0.2, 0.25) is 0 Å². The number of rotatable bonds is 6. The maximum absolute atomic E-state index is 12.8. The predicted octanol–water partition coefficient (Wildman–Crippen LogP) is 3.44. The summed E-state index contributed by atoms with van der Waals surface area (Å²) in [5.74, 6) is 1.78. The van der Waals surface area contributed by atoms with Crippen LogP contribution in [-0.2, 0) is 6.54 Å². The molecule has 2 aromatic carbocycles. The van der Waals surface area contributed by atoms with Crippen molar-refractivity contribution in [2.24, 2.45) is 0 Å². The molecule has 0 N–H and O–H groups in total. The van der Waals surface area contributed by atoms with E-state index in [0.717, 1.165) is 56.2 Å². The van der Waals surface area contributed by atoms with E-state index < -0.39 is 0 Å². The average molecular weight is 368 g/mol. The molecule has 5 nitrogen and oxygen atoms in total. The van der Waals surface area contributed by atoms with Crippen LogP contribution >= 0.6 is 0 Å². The molecule has 0 atom stereocenters. The van der Waals surface area contributed by atoms with Crippen LogP contribution in [0.25, 0.3) is 0 Å². The minimum atomic E-state index is 0.101. The Morgan fingerprint density at radius 3 is 2.30 bits per heavy atom. The van der Waals surface area contributed by atoms with E-state index in [-0.39, 0.29) is 5.91 Å². The largest absolute Gasteiger partial charge is 0.497 e. The third kappa shape index (κ3) is 5.23. The number of carbonyl (C=O) groups excluding carboxylic acids is 1. The highest BCUT2D eigenvalue weighted by Gasteiger charge is 2.20. The first-order chi connectivity index (χ1) is 13.2. The maximum atomic E-state index is 12.8. The maximum Gasteiger partial charge on any atom is 0.253 e. The van der Waals surface area contributed by atoms with Gasteiger partial charge in [-0.05, 0) is 55.3 Å². The van der Waals surface area contributed by atoms with Crippen molar-refractivity contribution in [3.63, 3.8) is 0 Å². The van der Waals surface area contributed by atoms with E-state index in [1.54, 1.807) is 7.11 Å². The molecule has 0 spiro atoms. The summed E-state index contributed by atoms with van der Waals surface area (Å²) >= 11 is 0. The Bertz CT molecular complexity index is 728. The van der Waals surface area contributed by atoms with Crippen LogP contribution in [0.3, 0.4) is 0 Å². The third-order valence-corrected chi connectivity index (χ3v) is 4.85. The second-order valence-corrected chi connectivity index (χ2v) is 6.73. The Balaban J connectivity index is 1.56. The first kappa shape index (κ1) is 19.2. The fraction of sp³-hybridized carbons (Fsp3) is 0.409. The lowest BCUT2D eigenvalue weighted by Gasteiger charge is -2.22. The van der Waals surface area contributed by atoms with Gasteiger partial charge in [-0.2, -0.15) is 0 Å². The molecule has 1 saturated heterocycles. The quantitative estimate of drug-likeness (QED) is 0.783. The average Bonchev–Trinajstić information content (AvgIpc) is 2.94. The molecule has 27 heavy (non-hydrogen) atoms. The zero-order valence-corrected chi connectivity index (χ0v) is 16.2. The monoisotopic (exact) mass is 368 g/mol. The van der Waals surface area contributed by atoms with Gasteiger partial charge in [0.25, 0.3) is 5.91 Å². The lowest BCUT2D eigenvalue weighted by molar-refractivity contribution is 0.0761. The van der Waals surface area contributed by atoms with E-state index in [9.17, 15) is 4.79 Å². The van der Waals surface area contributed by atoms with Crippen molar-refractivity contribution < 1.29 is 14.3 Å². The van der Waals surface area contributed by atoms with Gasteiger partial charge in [-0.3, -0.25) is 9.69 Å². The van der Waals surface area contributed by atoms with Gasteiger partial charge in [0.2, 0.25) is 0 Å². The summed E-state index contributed by atoms with van der Waals surface area (Å²) in [4.78, 5) is 17.2. The summed E-state index contributed by atoms with van der Waals surface area (Å²) in [6.45, 7) is 6.91. The van der Waals surface area contributed by atoms with Crippen LogP contribution in [0.1, 0.15) is 29.3 Å². The Labute approximate surface area is 161 Å². The summed E-state index contributed by atoms with van der Waals surface area (Å²) < 4.78 is 10.7. The van der Waals surface area contributed by atoms with Crippen LogP contribution < -0.4 is 9.47 Å². The molecule has 0 bridgehead atoms. The van der Waals surface area contributed by atoms with Crippen molar-refractivity contribution in [2.75, 3.05) is 39.9 Å². The second kappa shape index (κ2) is 9.42. The normalized spacial score (nSPS) is 15.3. The van der Waals surface area contributed by atoms with Gasteiger partial charge in [-0.25, -0.2) is 0 Å². The van der Waals surface area contributed by atoms with E-state index in [0.29, 0.717) is 6.61 Å². The molecule has 0 radical (unpaired) electrons. The van der Waals surface area contributed by atoms with Gasteiger partial charge < -0.3 is 14.4 Å². The molecule has 0 aliphatic carbocycles. The fourth-order valence-electron chi connectivity index (χ4n) is 3.36. The summed E-state index contributed by atoms with van der Waals surface area (Å²) in [5, 5.41) is 0. The van der Waals surface area contributed by atoms with E-state index in [4.69, 9.17) is 9.47 Å². The molecule has 2 aromatic rings. The van der Waals surface area contributed by atoms with Crippen LogP contribution in [0.5, 0.6) is 11.5 Å². The number of methoxy groups -OCH3 is 1. The van der Waals surface area contributed by atoms with Crippen molar-refractivity contribution >= 4 is 5.91 Å². The van der Waals surface area contributed by atoms with Gasteiger partial charge >= 0.3 is 0 Å². The predicted molar refractivity (Wildman–Crippen MR) is 106 cm³/mol. The van der Waals surface area contributed by atoms with Crippen molar-refractivity contribution in [2.45, 2.75) is 19.9 Å². The molecule has 0 saturated carbocycles. The molecule has 1 aliphatic rings. The molecular formula is C22H28N2O3. The minimum Gasteiger partial charge on any atom is -0.497 e. The molecule has 144 valence electrons. The number of carbonyl (C=O) groups is 1. The van der Waals surface area contributed by atoms with Gasteiger partial charge in [-0.1, -0.05) is 12.1 Å². The Kier molecular flexibility index (Phi) is 6.71. The SMILES string of the molecule is CCOc1ccc(C(=O)N2CCCN(Cc3ccc(OC)cc3)CC2)cc1. The molecule has 1 amide bonds. The van der Waals surface area contributed by atoms with Gasteiger partial charge in [0, 0.05) is 38.3 Å². The van der Waals surface area contributed by atoms with Crippen molar-refractivity contribution in [3.8, 4) is 11.5 Å². The molecule has 5 heteroatoms. The molecule has 1 aliphatic heterocycles. The van der Waals surface area contributed by atoms with Gasteiger partial charge in [-0.15, -0.1) is 0 Å². The first-order valence-corrected chi connectivity index (χ1v) is 9.57. The third-order valence-electron chi connectivity index (χ3n) is 4.85. The highest BCUT2D eigenvalue weighted by Crippen LogP contribution is 2.17. The van der Waals surface area contributed by atoms with Crippen LogP contribution in [0.4, 0.5) is 0 Å². The summed E-state index contributed by atoms with van der Waals surface area (Å²) in [6, 6.07) is 15.6. The first-order valence-electron chi connectivity index (χ1n) is 9.57. The minimum absolute atomic E-state index is 0.101. The van der Waals surface area contributed by atoms with E-state index in [1.807, 2.05) is 48.2 Å². The van der Waals surface area contributed by atoms with Crippen molar-refractivity contribution in [1.82, 2.24) is 9.80 Å². The number of hydrogen-bond donors (Lipinski definition) is 0. The molecular weight excluding hydrogens is 340 g/mol. The van der Waals surface area contributed by atoms with E-state index in [1.165, 1.54) is 5.56 Å². The summed E-state index contributed by atoms with van der Waals surface area (Å²) in [5.41, 5.74) is 1.99. The Hall–Kier alpha value is -2.53. The number of ether oxygens (including phenoxy) is 2. The lowest BCUT2D eigenvalue weighted by Crippen LogP contribution is -2.35. The van der Waals surface area contributed by atoms with Gasteiger partial charge in [0.05, 0.1) is 13.7 Å². The summed E-state index contributed by atoms with van der Waals surface area (Å²) in [7, 11) is 1.68. The Morgan fingerprint density at radius 1 is 0.926 bits per heavy atom. The van der Waals surface area contributed by atoms with Crippen molar-refractivity contribution in [3.05, 3.63) is 59.7 Å². The lowest BCUT2D eigenvalue weighted by atomic mass is 10.2. The van der Waals surface area contributed by atoms with Crippen LogP contribution in [0.15, 0.2) is 48.5 Å². The smallest absolute Gasteiger partial charge is 0.253 e. The second-order valence-electron chi connectivity index (χ2n) is 6.73. The molecule has 1 fully saturated rings. The van der Waals surface area contributed by atoms with Crippen LogP contribution in [-0.4, -0.2) is 55.6 Å². The highest BCUT2D eigenvalue weighted by molar-refractivity contribution is 5.94. The number of benzene rings is 2. The van der Waals surface area contributed by atoms with E-state index >= 15 is 0 Å². The number of amides is 1. The van der Waals surface area contributed by atoms with Gasteiger partial charge in [0.1, 0.15) is 11.5 Å². The zero-order chi connectivity index (χ0) is 19.1. The fourth-order valence-corrected chi connectivity index (χ4v) is 3.36. The molecule has 3 rings (SSSR count). The van der Waals surface area contributed by atoms with Crippen molar-refractivity contribution in [1.29, 1.82) is 0 Å². The van der Waals surface area contributed by atoms with Gasteiger partial charge in [0.15, 0.2) is 0 Å². The number of hydrogen-bond acceptors (Lipinski definition) is 4. The van der Waals surface area contributed by atoms with E-state index in [2.05, 4.69) is 17.0 Å². The number of nitrogens with zero attached hydrogens (tertiary/aromatic N) is 2. The Morgan fingerprint density at radius 2 is 1.63 bits per heavy atom. The zero-order valence-electron chi connectivity index (χ0n) is 16.2. The highest BCUT2D eigenvalue weighted by atomic mass is 16.5.